The Bertz CT molecular complexity index is 679. The third-order valence-electron chi connectivity index (χ3n) is 3.39. The monoisotopic (exact) mass is 367 g/mol. The molecule has 1 aliphatic rings. The van der Waals surface area contributed by atoms with Crippen LogP contribution in [0.15, 0.2) is 23.1 Å². The van der Waals surface area contributed by atoms with Crippen molar-refractivity contribution >= 4 is 46.3 Å². The second kappa shape index (κ2) is 8.16. The zero-order chi connectivity index (χ0) is 17.7. The van der Waals surface area contributed by atoms with E-state index in [9.17, 15) is 9.59 Å². The van der Waals surface area contributed by atoms with Gasteiger partial charge in [-0.15, -0.1) is 0 Å². The van der Waals surface area contributed by atoms with Gasteiger partial charge in [-0.25, -0.2) is 0 Å². The SMILES string of the molecule is COc1cccc(OC)c1/C=C1\SC(=S)N(CCCC(=O)O)C1=O. The van der Waals surface area contributed by atoms with E-state index in [-0.39, 0.29) is 18.9 Å². The number of hydrogen-bond donors (Lipinski definition) is 1. The zero-order valence-electron chi connectivity index (χ0n) is 13.3. The highest BCUT2D eigenvalue weighted by atomic mass is 32.2. The molecule has 1 heterocycles. The van der Waals surface area contributed by atoms with Crippen molar-refractivity contribution in [3.05, 3.63) is 28.7 Å². The van der Waals surface area contributed by atoms with Crippen molar-refractivity contribution in [1.29, 1.82) is 0 Å². The van der Waals surface area contributed by atoms with Gasteiger partial charge in [-0.1, -0.05) is 30.0 Å². The Balaban J connectivity index is 2.24. The van der Waals surface area contributed by atoms with Gasteiger partial charge in [0.2, 0.25) is 0 Å². The summed E-state index contributed by atoms with van der Waals surface area (Å²) < 4.78 is 11.1. The van der Waals surface area contributed by atoms with Crippen LogP contribution >= 0.6 is 24.0 Å². The molecule has 0 aromatic heterocycles. The van der Waals surface area contributed by atoms with Gasteiger partial charge >= 0.3 is 5.97 Å². The van der Waals surface area contributed by atoms with Crippen LogP contribution in [0.4, 0.5) is 0 Å². The second-order valence-electron chi connectivity index (χ2n) is 4.91. The number of hydrogen-bond acceptors (Lipinski definition) is 6. The van der Waals surface area contributed by atoms with Crippen LogP contribution in [0, 0.1) is 0 Å². The number of rotatable bonds is 7. The fourth-order valence-corrected chi connectivity index (χ4v) is 3.52. The number of thioether (sulfide) groups is 1. The highest BCUT2D eigenvalue weighted by molar-refractivity contribution is 8.26. The summed E-state index contributed by atoms with van der Waals surface area (Å²) in [6, 6.07) is 5.36. The van der Waals surface area contributed by atoms with Crippen LogP contribution < -0.4 is 9.47 Å². The Kier molecular flexibility index (Phi) is 6.22. The zero-order valence-corrected chi connectivity index (χ0v) is 14.9. The Morgan fingerprint density at radius 3 is 2.50 bits per heavy atom. The number of nitrogens with zero attached hydrogens (tertiary/aromatic N) is 1. The van der Waals surface area contributed by atoms with Gasteiger partial charge < -0.3 is 14.6 Å². The molecule has 8 heteroatoms. The maximum Gasteiger partial charge on any atom is 0.303 e. The molecule has 1 aliphatic heterocycles. The molecule has 128 valence electrons. The third kappa shape index (κ3) is 4.07. The summed E-state index contributed by atoms with van der Waals surface area (Å²) in [5.41, 5.74) is 0.661. The molecule has 0 spiro atoms. The molecule has 1 saturated heterocycles. The van der Waals surface area contributed by atoms with E-state index in [1.807, 2.05) is 0 Å². The van der Waals surface area contributed by atoms with E-state index in [0.29, 0.717) is 32.7 Å². The molecule has 2 rings (SSSR count). The van der Waals surface area contributed by atoms with Crippen molar-refractivity contribution in [1.82, 2.24) is 4.90 Å². The molecule has 1 fully saturated rings. The van der Waals surface area contributed by atoms with Crippen molar-refractivity contribution in [3.8, 4) is 11.5 Å². The first-order valence-electron chi connectivity index (χ1n) is 7.16. The quantitative estimate of drug-likeness (QED) is 0.586. The van der Waals surface area contributed by atoms with Crippen molar-refractivity contribution in [2.45, 2.75) is 12.8 Å². The van der Waals surface area contributed by atoms with Gasteiger partial charge in [0.1, 0.15) is 15.8 Å². The summed E-state index contributed by atoms with van der Waals surface area (Å²) >= 11 is 6.41. The number of benzene rings is 1. The maximum absolute atomic E-state index is 12.5. The number of aliphatic carboxylic acids is 1. The number of thiocarbonyl (C=S) groups is 1. The lowest BCUT2D eigenvalue weighted by molar-refractivity contribution is -0.137. The lowest BCUT2D eigenvalue weighted by Crippen LogP contribution is -2.29. The predicted octanol–water partition coefficient (Wildman–Crippen LogP) is 2.77. The molecule has 1 amide bonds. The number of carbonyl (C=O) groups excluding carboxylic acids is 1. The summed E-state index contributed by atoms with van der Waals surface area (Å²) in [6.45, 7) is 0.289. The van der Waals surface area contributed by atoms with E-state index in [2.05, 4.69) is 0 Å². The van der Waals surface area contributed by atoms with Gasteiger partial charge in [-0.3, -0.25) is 14.5 Å². The Morgan fingerprint density at radius 2 is 1.96 bits per heavy atom. The number of ether oxygens (including phenoxy) is 2. The second-order valence-corrected chi connectivity index (χ2v) is 6.58. The van der Waals surface area contributed by atoms with Gasteiger partial charge in [0, 0.05) is 13.0 Å². The van der Waals surface area contributed by atoms with E-state index in [0.717, 1.165) is 0 Å². The standard InChI is InChI=1S/C16H17NO5S2/c1-21-11-5-3-6-12(22-2)10(11)9-13-15(20)17(16(23)24-13)8-4-7-14(18)19/h3,5-6,9H,4,7-8H2,1-2H3,(H,18,19)/b13-9-. The summed E-state index contributed by atoms with van der Waals surface area (Å²) in [7, 11) is 3.09. The molecule has 0 atom stereocenters. The van der Waals surface area contributed by atoms with Crippen LogP contribution in [0.1, 0.15) is 18.4 Å². The van der Waals surface area contributed by atoms with Gasteiger partial charge in [0.05, 0.1) is 24.7 Å². The van der Waals surface area contributed by atoms with E-state index in [1.165, 1.54) is 16.7 Å². The first-order valence-corrected chi connectivity index (χ1v) is 8.38. The number of methoxy groups -OCH3 is 2. The normalized spacial score (nSPS) is 15.9. The average Bonchev–Trinajstić information content (AvgIpc) is 2.82. The van der Waals surface area contributed by atoms with Crippen LogP contribution in [0.5, 0.6) is 11.5 Å². The lowest BCUT2D eigenvalue weighted by atomic mass is 10.1. The lowest BCUT2D eigenvalue weighted by Gasteiger charge is -2.13. The average molecular weight is 367 g/mol. The molecule has 6 nitrogen and oxygen atoms in total. The Morgan fingerprint density at radius 1 is 1.33 bits per heavy atom. The molecule has 1 N–H and O–H groups in total. The summed E-state index contributed by atoms with van der Waals surface area (Å²) in [4.78, 5) is 25.0. The molecule has 0 radical (unpaired) electrons. The van der Waals surface area contributed by atoms with Gasteiger partial charge in [0.15, 0.2) is 0 Å². The summed E-state index contributed by atoms with van der Waals surface area (Å²) in [5.74, 6) is 0.0501. The molecule has 1 aromatic carbocycles. The fourth-order valence-electron chi connectivity index (χ4n) is 2.23. The summed E-state index contributed by atoms with van der Waals surface area (Å²) in [5, 5.41) is 8.70. The van der Waals surface area contributed by atoms with Crippen molar-refractivity contribution in [2.24, 2.45) is 0 Å². The molecule has 1 aromatic rings. The molecule has 0 aliphatic carbocycles. The Hall–Kier alpha value is -2.06. The van der Waals surface area contributed by atoms with Crippen LogP contribution in [0.3, 0.4) is 0 Å². The Labute approximate surface area is 149 Å². The maximum atomic E-state index is 12.5. The minimum Gasteiger partial charge on any atom is -0.496 e. The van der Waals surface area contributed by atoms with E-state index in [1.54, 1.807) is 38.5 Å². The van der Waals surface area contributed by atoms with E-state index < -0.39 is 5.97 Å². The van der Waals surface area contributed by atoms with Crippen molar-refractivity contribution in [2.75, 3.05) is 20.8 Å². The van der Waals surface area contributed by atoms with Crippen LogP contribution in [-0.2, 0) is 9.59 Å². The van der Waals surface area contributed by atoms with Crippen LogP contribution in [0.2, 0.25) is 0 Å². The molecule has 0 bridgehead atoms. The molecule has 0 saturated carbocycles. The number of carbonyl (C=O) groups is 2. The third-order valence-corrected chi connectivity index (χ3v) is 4.77. The molecular weight excluding hydrogens is 350 g/mol. The highest BCUT2D eigenvalue weighted by Gasteiger charge is 2.32. The topological polar surface area (TPSA) is 76.1 Å². The van der Waals surface area contributed by atoms with E-state index >= 15 is 0 Å². The predicted molar refractivity (Wildman–Crippen MR) is 96.3 cm³/mol. The van der Waals surface area contributed by atoms with Crippen LogP contribution in [0.25, 0.3) is 6.08 Å². The molecule has 0 unspecified atom stereocenters. The van der Waals surface area contributed by atoms with E-state index in [4.69, 9.17) is 26.8 Å². The van der Waals surface area contributed by atoms with Gasteiger partial charge in [-0.2, -0.15) is 0 Å². The smallest absolute Gasteiger partial charge is 0.303 e. The molecule has 24 heavy (non-hydrogen) atoms. The number of carboxylic acids is 1. The minimum atomic E-state index is -0.894. The highest BCUT2D eigenvalue weighted by Crippen LogP contribution is 2.37. The van der Waals surface area contributed by atoms with Gasteiger partial charge in [-0.05, 0) is 24.6 Å². The number of carboxylic acid groups (broad SMARTS) is 1. The number of amides is 1. The summed E-state index contributed by atoms with van der Waals surface area (Å²) in [6.07, 6.45) is 2.04. The largest absolute Gasteiger partial charge is 0.496 e. The molecular formula is C16H17NO5S2. The minimum absolute atomic E-state index is 0.00353. The first kappa shape index (κ1) is 18.3. The van der Waals surface area contributed by atoms with Crippen molar-refractivity contribution in [3.63, 3.8) is 0 Å². The fraction of sp³-hybridized carbons (Fsp3) is 0.312. The van der Waals surface area contributed by atoms with Crippen molar-refractivity contribution < 1.29 is 24.2 Å². The van der Waals surface area contributed by atoms with Crippen LogP contribution in [-0.4, -0.2) is 47.0 Å². The first-order chi connectivity index (χ1) is 11.5. The van der Waals surface area contributed by atoms with Gasteiger partial charge in [0.25, 0.3) is 5.91 Å².